The van der Waals surface area contributed by atoms with E-state index in [4.69, 9.17) is 20.4 Å². The average molecular weight is 546 g/mol. The van der Waals surface area contributed by atoms with E-state index in [-0.39, 0.29) is 22.0 Å². The van der Waals surface area contributed by atoms with E-state index in [0.29, 0.717) is 44.9 Å². The number of fused-ring (bicyclic) bond motifs is 1. The van der Waals surface area contributed by atoms with Crippen molar-refractivity contribution in [3.63, 3.8) is 0 Å². The van der Waals surface area contributed by atoms with Crippen molar-refractivity contribution in [3.05, 3.63) is 86.4 Å². The number of hydrogen-bond acceptors (Lipinski definition) is 10. The van der Waals surface area contributed by atoms with Gasteiger partial charge in [-0.25, -0.2) is 14.8 Å². The van der Waals surface area contributed by atoms with Crippen LogP contribution in [0, 0.1) is 6.92 Å². The lowest BCUT2D eigenvalue weighted by Crippen LogP contribution is -2.13. The van der Waals surface area contributed by atoms with Crippen molar-refractivity contribution >= 4 is 28.3 Å². The maximum absolute atomic E-state index is 13.9. The molecule has 1 aromatic carbocycles. The summed E-state index contributed by atoms with van der Waals surface area (Å²) in [6.07, 6.45) is 6.04. The molecule has 0 aliphatic carbocycles. The molecule has 196 valence electrons. The zero-order valence-corrected chi connectivity index (χ0v) is 21.6. The van der Waals surface area contributed by atoms with Crippen molar-refractivity contribution in [2.45, 2.75) is 19.9 Å². The SMILES string of the molecule is Cc1cc(C(C)Nc2ccc(Cl)nc2-c2noc(=O)[nH]2)c2oc(-c3cnn(C)c3)c(-c3cocn3)c(=O)c2c1. The maximum Gasteiger partial charge on any atom is 0.439 e. The fourth-order valence-corrected chi connectivity index (χ4v) is 4.63. The molecule has 0 saturated carbocycles. The molecule has 0 fully saturated rings. The number of anilines is 1. The molecule has 2 N–H and O–H groups in total. The van der Waals surface area contributed by atoms with Crippen LogP contribution >= 0.6 is 11.6 Å². The van der Waals surface area contributed by atoms with Gasteiger partial charge in [0.15, 0.2) is 12.2 Å². The summed E-state index contributed by atoms with van der Waals surface area (Å²) in [5, 5.41) is 12.0. The number of aromatic amines is 1. The van der Waals surface area contributed by atoms with Crippen LogP contribution in [0.25, 0.3) is 45.1 Å². The molecule has 5 aromatic heterocycles. The highest BCUT2D eigenvalue weighted by Gasteiger charge is 2.24. The molecule has 39 heavy (non-hydrogen) atoms. The number of hydrogen-bond donors (Lipinski definition) is 2. The van der Waals surface area contributed by atoms with Gasteiger partial charge in [0.05, 0.1) is 34.4 Å². The minimum absolute atomic E-state index is 0.119. The minimum atomic E-state index is -0.719. The normalized spacial score (nSPS) is 12.2. The summed E-state index contributed by atoms with van der Waals surface area (Å²) in [6.45, 7) is 3.81. The lowest BCUT2D eigenvalue weighted by Gasteiger charge is -2.20. The van der Waals surface area contributed by atoms with Gasteiger partial charge < -0.3 is 14.2 Å². The number of aromatic nitrogens is 6. The Morgan fingerprint density at radius 1 is 1.21 bits per heavy atom. The van der Waals surface area contributed by atoms with Gasteiger partial charge in [-0.05, 0) is 37.6 Å². The quantitative estimate of drug-likeness (QED) is 0.280. The number of benzene rings is 1. The Bertz CT molecular complexity index is 1950. The van der Waals surface area contributed by atoms with Gasteiger partial charge in [0.2, 0.25) is 11.3 Å². The van der Waals surface area contributed by atoms with Crippen LogP contribution in [0.5, 0.6) is 0 Å². The second-order valence-electron chi connectivity index (χ2n) is 8.98. The molecule has 13 heteroatoms. The van der Waals surface area contributed by atoms with Crippen LogP contribution in [0.4, 0.5) is 5.69 Å². The number of halogens is 1. The molecule has 1 atom stereocenters. The summed E-state index contributed by atoms with van der Waals surface area (Å²) >= 11 is 6.12. The zero-order chi connectivity index (χ0) is 27.3. The van der Waals surface area contributed by atoms with Gasteiger partial charge in [-0.3, -0.25) is 19.0 Å². The zero-order valence-electron chi connectivity index (χ0n) is 20.9. The molecule has 0 spiro atoms. The van der Waals surface area contributed by atoms with Crippen LogP contribution in [0.15, 0.2) is 72.3 Å². The number of pyridine rings is 1. The van der Waals surface area contributed by atoms with E-state index < -0.39 is 11.8 Å². The highest BCUT2D eigenvalue weighted by molar-refractivity contribution is 6.29. The Balaban J connectivity index is 1.53. The molecule has 0 radical (unpaired) electrons. The van der Waals surface area contributed by atoms with Crippen LogP contribution in [0.3, 0.4) is 0 Å². The molecule has 0 bridgehead atoms. The highest BCUT2D eigenvalue weighted by atomic mass is 35.5. The van der Waals surface area contributed by atoms with Crippen molar-refractivity contribution in [1.82, 2.24) is 29.9 Å². The molecule has 0 saturated heterocycles. The molecule has 0 aliphatic heterocycles. The van der Waals surface area contributed by atoms with Gasteiger partial charge in [0.1, 0.15) is 28.4 Å². The van der Waals surface area contributed by atoms with E-state index in [2.05, 4.69) is 35.0 Å². The summed E-state index contributed by atoms with van der Waals surface area (Å²) in [6, 6.07) is 6.65. The predicted octanol–water partition coefficient (Wildman–Crippen LogP) is 4.72. The largest absolute Gasteiger partial charge is 0.455 e. The first-order valence-corrected chi connectivity index (χ1v) is 12.1. The third kappa shape index (κ3) is 4.40. The molecule has 12 nitrogen and oxygen atoms in total. The van der Waals surface area contributed by atoms with Crippen molar-refractivity contribution in [3.8, 4) is 34.1 Å². The number of oxazole rings is 1. The summed E-state index contributed by atoms with van der Waals surface area (Å²) < 4.78 is 17.9. The standard InChI is InChI=1S/C26H20ClN7O5/c1-12-6-15(13(2)30-17-4-5-19(27)31-21(17)25-32-26(36)39-33-25)24-16(7-12)22(35)20(18-10-37-11-28-18)23(38-24)14-8-29-34(3)9-14/h4-11,13,30H,1-3H3,(H,32,33,36). The fourth-order valence-electron chi connectivity index (χ4n) is 4.48. The van der Waals surface area contributed by atoms with Gasteiger partial charge >= 0.3 is 5.76 Å². The minimum Gasteiger partial charge on any atom is -0.455 e. The second-order valence-corrected chi connectivity index (χ2v) is 9.37. The predicted molar refractivity (Wildman–Crippen MR) is 142 cm³/mol. The number of H-pyrrole nitrogens is 1. The topological polar surface area (TPSA) is 158 Å². The number of nitrogens with one attached hydrogen (secondary N) is 2. The Morgan fingerprint density at radius 3 is 2.74 bits per heavy atom. The van der Waals surface area contributed by atoms with Gasteiger partial charge in [0.25, 0.3) is 0 Å². The van der Waals surface area contributed by atoms with Crippen molar-refractivity contribution < 1.29 is 13.4 Å². The van der Waals surface area contributed by atoms with Crippen molar-refractivity contribution in [2.75, 3.05) is 5.32 Å². The lowest BCUT2D eigenvalue weighted by atomic mass is 9.98. The molecule has 0 amide bonds. The Labute approximate surface area is 224 Å². The van der Waals surface area contributed by atoms with Crippen molar-refractivity contribution in [1.29, 1.82) is 0 Å². The van der Waals surface area contributed by atoms with Crippen LogP contribution in [-0.4, -0.2) is 29.9 Å². The molecule has 0 aliphatic rings. The molecule has 5 heterocycles. The monoisotopic (exact) mass is 545 g/mol. The molecule has 1 unspecified atom stereocenters. The first-order chi connectivity index (χ1) is 18.8. The van der Waals surface area contributed by atoms with E-state index >= 15 is 0 Å². The summed E-state index contributed by atoms with van der Waals surface area (Å²) in [5.74, 6) is -0.280. The number of rotatable bonds is 6. The first-order valence-electron chi connectivity index (χ1n) is 11.8. The van der Waals surface area contributed by atoms with Crippen LogP contribution in [-0.2, 0) is 7.05 Å². The van der Waals surface area contributed by atoms with Crippen LogP contribution in [0.2, 0.25) is 5.15 Å². The van der Waals surface area contributed by atoms with Crippen molar-refractivity contribution in [2.24, 2.45) is 7.05 Å². The third-order valence-electron chi connectivity index (χ3n) is 6.18. The number of aryl methyl sites for hydroxylation is 2. The van der Waals surface area contributed by atoms with E-state index in [0.717, 1.165) is 5.56 Å². The summed E-state index contributed by atoms with van der Waals surface area (Å²) in [4.78, 5) is 36.5. The summed E-state index contributed by atoms with van der Waals surface area (Å²) in [5.41, 5.74) is 3.79. The first kappa shape index (κ1) is 24.4. The fraction of sp³-hybridized carbons (Fsp3) is 0.154. The number of nitrogens with zero attached hydrogens (tertiary/aromatic N) is 5. The van der Waals surface area contributed by atoms with Gasteiger partial charge in [-0.15, -0.1) is 0 Å². The van der Waals surface area contributed by atoms with Gasteiger partial charge in [-0.2, -0.15) is 5.10 Å². The Morgan fingerprint density at radius 2 is 2.05 bits per heavy atom. The van der Waals surface area contributed by atoms with E-state index in [1.165, 1.54) is 12.7 Å². The van der Waals surface area contributed by atoms with E-state index in [1.54, 1.807) is 42.3 Å². The summed E-state index contributed by atoms with van der Waals surface area (Å²) in [7, 11) is 1.78. The van der Waals surface area contributed by atoms with Crippen LogP contribution < -0.4 is 16.5 Å². The average Bonchev–Trinajstić information content (AvgIpc) is 3.68. The molecular weight excluding hydrogens is 526 g/mol. The molecular formula is C26H20ClN7O5. The van der Waals surface area contributed by atoms with E-state index in [1.807, 2.05) is 19.9 Å². The van der Waals surface area contributed by atoms with Gasteiger partial charge in [-0.1, -0.05) is 22.8 Å². The molecule has 6 rings (SSSR count). The lowest BCUT2D eigenvalue weighted by molar-refractivity contribution is 0.388. The third-order valence-corrected chi connectivity index (χ3v) is 6.40. The Kier molecular flexibility index (Phi) is 5.88. The van der Waals surface area contributed by atoms with Crippen LogP contribution in [0.1, 0.15) is 24.1 Å². The Hall–Kier alpha value is -4.97. The van der Waals surface area contributed by atoms with Gasteiger partial charge in [0, 0.05) is 18.8 Å². The van der Waals surface area contributed by atoms with E-state index in [9.17, 15) is 9.59 Å². The highest BCUT2D eigenvalue weighted by Crippen LogP contribution is 2.36. The second kappa shape index (κ2) is 9.40. The smallest absolute Gasteiger partial charge is 0.439 e. The molecule has 6 aromatic rings. The maximum atomic E-state index is 13.9.